The molecule has 0 saturated carbocycles. The molecule has 1 aromatic carbocycles. The van der Waals surface area contributed by atoms with Crippen LogP contribution in [0.5, 0.6) is 0 Å². The summed E-state index contributed by atoms with van der Waals surface area (Å²) in [5, 5.41) is 6.47. The number of thiocarbonyl (C=S) groups is 1. The van der Waals surface area contributed by atoms with E-state index in [9.17, 15) is 4.79 Å². The highest BCUT2D eigenvalue weighted by molar-refractivity contribution is 7.80. The van der Waals surface area contributed by atoms with Gasteiger partial charge in [-0.2, -0.15) is 0 Å². The molecule has 0 bridgehead atoms. The summed E-state index contributed by atoms with van der Waals surface area (Å²) in [4.78, 5) is 14.1. The Morgan fingerprint density at radius 2 is 1.91 bits per heavy atom. The number of amides is 1. The molecule has 0 aromatic heterocycles. The molecule has 1 aliphatic rings. The molecule has 1 amide bonds. The molecular formula is C17H25N3OS. The SMILES string of the molecule is CC(C)C(=O)NC(=S)NC1CCN(Cc2ccccc2)CC1. The molecule has 0 spiro atoms. The predicted octanol–water partition coefficient (Wildman–Crippen LogP) is 2.30. The summed E-state index contributed by atoms with van der Waals surface area (Å²) in [5.41, 5.74) is 1.36. The molecule has 0 unspecified atom stereocenters. The van der Waals surface area contributed by atoms with E-state index in [4.69, 9.17) is 12.2 Å². The van der Waals surface area contributed by atoms with E-state index in [1.165, 1.54) is 5.56 Å². The van der Waals surface area contributed by atoms with E-state index in [2.05, 4.69) is 39.8 Å². The molecule has 4 nitrogen and oxygen atoms in total. The van der Waals surface area contributed by atoms with E-state index in [-0.39, 0.29) is 11.8 Å². The van der Waals surface area contributed by atoms with Gasteiger partial charge in [0.15, 0.2) is 5.11 Å². The van der Waals surface area contributed by atoms with Crippen molar-refractivity contribution in [2.75, 3.05) is 13.1 Å². The highest BCUT2D eigenvalue weighted by atomic mass is 32.1. The molecule has 1 aliphatic heterocycles. The monoisotopic (exact) mass is 319 g/mol. The van der Waals surface area contributed by atoms with Gasteiger partial charge in [-0.05, 0) is 30.6 Å². The molecule has 22 heavy (non-hydrogen) atoms. The smallest absolute Gasteiger partial charge is 0.228 e. The molecule has 1 heterocycles. The average molecular weight is 319 g/mol. The van der Waals surface area contributed by atoms with Gasteiger partial charge in [0.25, 0.3) is 0 Å². The van der Waals surface area contributed by atoms with Gasteiger partial charge in [-0.25, -0.2) is 0 Å². The summed E-state index contributed by atoms with van der Waals surface area (Å²) in [7, 11) is 0. The van der Waals surface area contributed by atoms with Crippen LogP contribution in [-0.2, 0) is 11.3 Å². The van der Waals surface area contributed by atoms with E-state index < -0.39 is 0 Å². The van der Waals surface area contributed by atoms with E-state index in [1.54, 1.807) is 0 Å². The molecule has 1 fully saturated rings. The first kappa shape index (κ1) is 16.9. The Labute approximate surface area is 138 Å². The van der Waals surface area contributed by atoms with Gasteiger partial charge in [-0.3, -0.25) is 9.69 Å². The third kappa shape index (κ3) is 5.39. The van der Waals surface area contributed by atoms with Gasteiger partial charge in [0.2, 0.25) is 5.91 Å². The number of piperidine rings is 1. The lowest BCUT2D eigenvalue weighted by molar-refractivity contribution is -0.122. The quantitative estimate of drug-likeness (QED) is 0.836. The fourth-order valence-corrected chi connectivity index (χ4v) is 2.82. The number of benzene rings is 1. The zero-order chi connectivity index (χ0) is 15.9. The van der Waals surface area contributed by atoms with Gasteiger partial charge < -0.3 is 10.6 Å². The van der Waals surface area contributed by atoms with Crippen LogP contribution in [0.25, 0.3) is 0 Å². The lowest BCUT2D eigenvalue weighted by Crippen LogP contribution is -2.49. The number of carbonyl (C=O) groups is 1. The van der Waals surface area contributed by atoms with Gasteiger partial charge in [0.1, 0.15) is 0 Å². The third-order valence-corrected chi connectivity index (χ3v) is 4.15. The van der Waals surface area contributed by atoms with Crippen molar-refractivity contribution in [2.24, 2.45) is 5.92 Å². The van der Waals surface area contributed by atoms with Crippen molar-refractivity contribution in [3.63, 3.8) is 0 Å². The second-order valence-corrected chi connectivity index (χ2v) is 6.56. The Bertz CT molecular complexity index is 496. The van der Waals surface area contributed by atoms with Crippen molar-refractivity contribution in [1.29, 1.82) is 0 Å². The lowest BCUT2D eigenvalue weighted by Gasteiger charge is -2.33. The standard InChI is InChI=1S/C17H25N3OS/c1-13(2)16(21)19-17(22)18-15-8-10-20(11-9-15)12-14-6-4-3-5-7-14/h3-7,13,15H,8-12H2,1-2H3,(H2,18,19,21,22). The second kappa shape index (κ2) is 8.25. The molecule has 1 aromatic rings. The molecule has 2 N–H and O–H groups in total. The summed E-state index contributed by atoms with van der Waals surface area (Å²) in [6.07, 6.45) is 2.09. The van der Waals surface area contributed by atoms with Crippen LogP contribution in [0.15, 0.2) is 30.3 Å². The van der Waals surface area contributed by atoms with Crippen molar-refractivity contribution in [1.82, 2.24) is 15.5 Å². The largest absolute Gasteiger partial charge is 0.360 e. The van der Waals surface area contributed by atoms with Crippen LogP contribution in [0.4, 0.5) is 0 Å². The first-order valence-corrected chi connectivity index (χ1v) is 8.33. The molecule has 120 valence electrons. The molecule has 5 heteroatoms. The average Bonchev–Trinajstić information content (AvgIpc) is 2.50. The number of carbonyl (C=O) groups excluding carboxylic acids is 1. The Morgan fingerprint density at radius 3 is 2.50 bits per heavy atom. The molecular weight excluding hydrogens is 294 g/mol. The van der Waals surface area contributed by atoms with Crippen LogP contribution < -0.4 is 10.6 Å². The summed E-state index contributed by atoms with van der Waals surface area (Å²) < 4.78 is 0. The molecule has 0 radical (unpaired) electrons. The van der Waals surface area contributed by atoms with Crippen molar-refractivity contribution in [3.05, 3.63) is 35.9 Å². The summed E-state index contributed by atoms with van der Waals surface area (Å²) >= 11 is 5.21. The number of nitrogens with one attached hydrogen (secondary N) is 2. The highest BCUT2D eigenvalue weighted by Crippen LogP contribution is 2.13. The first-order valence-electron chi connectivity index (χ1n) is 7.92. The van der Waals surface area contributed by atoms with Crippen LogP contribution in [-0.4, -0.2) is 35.1 Å². The Hall–Kier alpha value is -1.46. The zero-order valence-corrected chi connectivity index (χ0v) is 14.2. The van der Waals surface area contributed by atoms with E-state index in [0.29, 0.717) is 11.2 Å². The van der Waals surface area contributed by atoms with Crippen molar-refractivity contribution in [2.45, 2.75) is 39.3 Å². The van der Waals surface area contributed by atoms with Crippen molar-refractivity contribution >= 4 is 23.2 Å². The van der Waals surface area contributed by atoms with E-state index in [0.717, 1.165) is 32.5 Å². The number of rotatable bonds is 4. The van der Waals surface area contributed by atoms with Crippen molar-refractivity contribution in [3.8, 4) is 0 Å². The molecule has 1 saturated heterocycles. The number of hydrogen-bond donors (Lipinski definition) is 2. The van der Waals surface area contributed by atoms with E-state index in [1.807, 2.05) is 19.9 Å². The van der Waals surface area contributed by atoms with Gasteiger partial charge >= 0.3 is 0 Å². The van der Waals surface area contributed by atoms with Crippen LogP contribution in [0.3, 0.4) is 0 Å². The maximum Gasteiger partial charge on any atom is 0.228 e. The molecule has 2 rings (SSSR count). The summed E-state index contributed by atoms with van der Waals surface area (Å²) in [6, 6.07) is 10.9. The fourth-order valence-electron chi connectivity index (χ4n) is 2.55. The number of likely N-dealkylation sites (tertiary alicyclic amines) is 1. The van der Waals surface area contributed by atoms with Gasteiger partial charge in [-0.1, -0.05) is 44.2 Å². The highest BCUT2D eigenvalue weighted by Gasteiger charge is 2.20. The maximum absolute atomic E-state index is 11.6. The predicted molar refractivity (Wildman–Crippen MR) is 93.5 cm³/mol. The first-order chi connectivity index (χ1) is 10.5. The van der Waals surface area contributed by atoms with E-state index >= 15 is 0 Å². The van der Waals surface area contributed by atoms with Crippen LogP contribution in [0.1, 0.15) is 32.3 Å². The Morgan fingerprint density at radius 1 is 1.27 bits per heavy atom. The number of hydrogen-bond acceptors (Lipinski definition) is 3. The minimum atomic E-state index is -0.0486. The second-order valence-electron chi connectivity index (χ2n) is 6.15. The zero-order valence-electron chi connectivity index (χ0n) is 13.3. The molecule has 0 atom stereocenters. The Kier molecular flexibility index (Phi) is 6.34. The van der Waals surface area contributed by atoms with Crippen LogP contribution in [0, 0.1) is 5.92 Å². The van der Waals surface area contributed by atoms with Gasteiger partial charge in [0, 0.05) is 31.6 Å². The topological polar surface area (TPSA) is 44.4 Å². The van der Waals surface area contributed by atoms with Crippen molar-refractivity contribution < 1.29 is 4.79 Å². The lowest BCUT2D eigenvalue weighted by atomic mass is 10.0. The number of nitrogens with zero attached hydrogens (tertiary/aromatic N) is 1. The minimum Gasteiger partial charge on any atom is -0.360 e. The van der Waals surface area contributed by atoms with Crippen LogP contribution in [0.2, 0.25) is 0 Å². The fraction of sp³-hybridized carbons (Fsp3) is 0.529. The Balaban J connectivity index is 1.71. The normalized spacial score (nSPS) is 16.5. The maximum atomic E-state index is 11.6. The van der Waals surface area contributed by atoms with Gasteiger partial charge in [-0.15, -0.1) is 0 Å². The van der Waals surface area contributed by atoms with Crippen LogP contribution >= 0.6 is 12.2 Å². The third-order valence-electron chi connectivity index (χ3n) is 3.93. The minimum absolute atomic E-state index is 0.0287. The summed E-state index contributed by atoms with van der Waals surface area (Å²) in [5.74, 6) is -0.0773. The molecule has 0 aliphatic carbocycles. The summed E-state index contributed by atoms with van der Waals surface area (Å²) in [6.45, 7) is 6.82. The van der Waals surface area contributed by atoms with Gasteiger partial charge in [0.05, 0.1) is 0 Å².